The zero-order valence-electron chi connectivity index (χ0n) is 9.47. The minimum absolute atomic E-state index is 0.0448. The second-order valence-corrected chi connectivity index (χ2v) is 4.48. The summed E-state index contributed by atoms with van der Waals surface area (Å²) >= 11 is 5.72. The molecular formula is C10H13ClN4O2. The van der Waals surface area contributed by atoms with Crippen molar-refractivity contribution in [3.05, 3.63) is 21.6 Å². The van der Waals surface area contributed by atoms with Gasteiger partial charge in [-0.05, 0) is 37.8 Å². The summed E-state index contributed by atoms with van der Waals surface area (Å²) in [5.74, 6) is 0.335. The second kappa shape index (κ2) is 4.83. The molecule has 1 saturated heterocycles. The predicted octanol–water partition coefficient (Wildman–Crippen LogP) is 2.42. The molecule has 0 saturated carbocycles. The van der Waals surface area contributed by atoms with Crippen LogP contribution in [0, 0.1) is 10.1 Å². The number of rotatable bonds is 2. The normalized spacial score (nSPS) is 20.4. The van der Waals surface area contributed by atoms with Gasteiger partial charge in [0.25, 0.3) is 0 Å². The standard InChI is InChI=1S/C10H13ClN4O2/c1-7-4-2-3-5-14(7)9-8(15(16)17)6-12-10(11)13-9/h6-7H,2-5H2,1H3. The van der Waals surface area contributed by atoms with Crippen molar-refractivity contribution in [2.75, 3.05) is 11.4 Å². The van der Waals surface area contributed by atoms with Crippen LogP contribution in [0.4, 0.5) is 11.5 Å². The quantitative estimate of drug-likeness (QED) is 0.462. The Kier molecular flexibility index (Phi) is 3.42. The van der Waals surface area contributed by atoms with E-state index in [0.717, 1.165) is 25.8 Å². The molecule has 1 aliphatic heterocycles. The Balaban J connectivity index is 2.41. The molecule has 1 aromatic rings. The largest absolute Gasteiger partial charge is 0.348 e. The van der Waals surface area contributed by atoms with Gasteiger partial charge >= 0.3 is 5.69 Å². The molecule has 0 bridgehead atoms. The van der Waals surface area contributed by atoms with E-state index in [1.54, 1.807) is 0 Å². The zero-order chi connectivity index (χ0) is 12.4. The lowest BCUT2D eigenvalue weighted by Gasteiger charge is -2.33. The van der Waals surface area contributed by atoms with Crippen LogP contribution in [0.15, 0.2) is 6.20 Å². The molecule has 0 radical (unpaired) electrons. The molecule has 0 aromatic carbocycles. The molecule has 1 aromatic heterocycles. The van der Waals surface area contributed by atoms with E-state index in [2.05, 4.69) is 9.97 Å². The Labute approximate surface area is 104 Å². The fourth-order valence-corrected chi connectivity index (χ4v) is 2.23. The van der Waals surface area contributed by atoms with Crippen LogP contribution >= 0.6 is 11.6 Å². The van der Waals surface area contributed by atoms with Crippen molar-refractivity contribution in [3.63, 3.8) is 0 Å². The molecular weight excluding hydrogens is 244 g/mol. The van der Waals surface area contributed by atoms with Crippen LogP contribution < -0.4 is 4.90 Å². The van der Waals surface area contributed by atoms with Crippen LogP contribution in [0.1, 0.15) is 26.2 Å². The van der Waals surface area contributed by atoms with Crippen LogP contribution in [0.25, 0.3) is 0 Å². The summed E-state index contributed by atoms with van der Waals surface area (Å²) < 4.78 is 0. The molecule has 2 heterocycles. The average molecular weight is 257 g/mol. The summed E-state index contributed by atoms with van der Waals surface area (Å²) in [6, 6.07) is 0.244. The third-order valence-corrected chi connectivity index (χ3v) is 3.17. The van der Waals surface area contributed by atoms with Crippen molar-refractivity contribution in [1.82, 2.24) is 9.97 Å². The zero-order valence-corrected chi connectivity index (χ0v) is 10.2. The van der Waals surface area contributed by atoms with E-state index < -0.39 is 4.92 Å². The van der Waals surface area contributed by atoms with E-state index in [1.165, 1.54) is 6.20 Å². The van der Waals surface area contributed by atoms with Gasteiger partial charge in [-0.1, -0.05) is 0 Å². The predicted molar refractivity (Wildman–Crippen MR) is 64.4 cm³/mol. The molecule has 17 heavy (non-hydrogen) atoms. The lowest BCUT2D eigenvalue weighted by Crippen LogP contribution is -2.38. The van der Waals surface area contributed by atoms with Gasteiger partial charge in [0, 0.05) is 12.6 Å². The average Bonchev–Trinajstić information content (AvgIpc) is 2.29. The summed E-state index contributed by atoms with van der Waals surface area (Å²) in [5, 5.41) is 11.0. The first-order valence-corrected chi connectivity index (χ1v) is 5.91. The van der Waals surface area contributed by atoms with Gasteiger partial charge in [-0.2, -0.15) is 4.98 Å². The van der Waals surface area contributed by atoms with Crippen molar-refractivity contribution in [3.8, 4) is 0 Å². The third kappa shape index (κ3) is 2.46. The number of piperidine rings is 1. The molecule has 0 amide bonds. The Morgan fingerprint density at radius 1 is 1.59 bits per heavy atom. The SMILES string of the molecule is CC1CCCCN1c1nc(Cl)ncc1[N+](=O)[O-]. The summed E-state index contributed by atoms with van der Waals surface area (Å²) in [5.41, 5.74) is -0.0804. The molecule has 7 heteroatoms. The van der Waals surface area contributed by atoms with Crippen molar-refractivity contribution in [2.45, 2.75) is 32.2 Å². The van der Waals surface area contributed by atoms with Crippen LogP contribution in [-0.4, -0.2) is 27.5 Å². The Morgan fingerprint density at radius 3 is 3.00 bits per heavy atom. The number of hydrogen-bond acceptors (Lipinski definition) is 5. The van der Waals surface area contributed by atoms with Crippen molar-refractivity contribution in [2.24, 2.45) is 0 Å². The molecule has 1 fully saturated rings. The monoisotopic (exact) mass is 256 g/mol. The molecule has 6 nitrogen and oxygen atoms in total. The lowest BCUT2D eigenvalue weighted by atomic mass is 10.0. The third-order valence-electron chi connectivity index (χ3n) is 2.99. The molecule has 1 unspecified atom stereocenters. The number of nitro groups is 1. The molecule has 1 atom stereocenters. The van der Waals surface area contributed by atoms with E-state index in [1.807, 2.05) is 11.8 Å². The minimum atomic E-state index is -0.465. The molecule has 2 rings (SSSR count). The first-order valence-electron chi connectivity index (χ1n) is 5.53. The first-order chi connectivity index (χ1) is 8.09. The number of nitrogens with zero attached hydrogens (tertiary/aromatic N) is 4. The highest BCUT2D eigenvalue weighted by Gasteiger charge is 2.27. The molecule has 0 N–H and O–H groups in total. The highest BCUT2D eigenvalue weighted by atomic mass is 35.5. The molecule has 0 aliphatic carbocycles. The minimum Gasteiger partial charge on any atom is -0.348 e. The van der Waals surface area contributed by atoms with Gasteiger partial charge in [-0.3, -0.25) is 10.1 Å². The van der Waals surface area contributed by atoms with Crippen molar-refractivity contribution in [1.29, 1.82) is 0 Å². The van der Waals surface area contributed by atoms with Gasteiger partial charge < -0.3 is 4.90 Å². The van der Waals surface area contributed by atoms with Gasteiger partial charge in [0.2, 0.25) is 11.1 Å². The van der Waals surface area contributed by atoms with E-state index >= 15 is 0 Å². The maximum Gasteiger partial charge on any atom is 0.329 e. The maximum absolute atomic E-state index is 10.9. The number of aromatic nitrogens is 2. The fourth-order valence-electron chi connectivity index (χ4n) is 2.10. The second-order valence-electron chi connectivity index (χ2n) is 4.14. The van der Waals surface area contributed by atoms with Gasteiger partial charge in [0.15, 0.2) is 0 Å². The molecule has 0 spiro atoms. The first kappa shape index (κ1) is 12.0. The van der Waals surface area contributed by atoms with E-state index in [9.17, 15) is 10.1 Å². The Hall–Kier alpha value is -1.43. The summed E-state index contributed by atoms with van der Waals surface area (Å²) in [7, 11) is 0. The summed E-state index contributed by atoms with van der Waals surface area (Å²) in [4.78, 5) is 20.1. The van der Waals surface area contributed by atoms with Gasteiger partial charge in [-0.15, -0.1) is 0 Å². The highest BCUT2D eigenvalue weighted by Crippen LogP contribution is 2.30. The Morgan fingerprint density at radius 2 is 2.35 bits per heavy atom. The van der Waals surface area contributed by atoms with Crippen molar-refractivity contribution >= 4 is 23.1 Å². The van der Waals surface area contributed by atoms with Gasteiger partial charge in [0.05, 0.1) is 4.92 Å². The topological polar surface area (TPSA) is 72.2 Å². The van der Waals surface area contributed by atoms with Crippen LogP contribution in [0.2, 0.25) is 5.28 Å². The summed E-state index contributed by atoms with van der Waals surface area (Å²) in [6.07, 6.45) is 4.35. The maximum atomic E-state index is 10.9. The molecule has 92 valence electrons. The summed E-state index contributed by atoms with van der Waals surface area (Å²) in [6.45, 7) is 2.81. The lowest BCUT2D eigenvalue weighted by molar-refractivity contribution is -0.384. The van der Waals surface area contributed by atoms with Crippen molar-refractivity contribution < 1.29 is 4.92 Å². The Bertz CT molecular complexity index is 440. The van der Waals surface area contributed by atoms with Crippen LogP contribution in [0.5, 0.6) is 0 Å². The van der Waals surface area contributed by atoms with Gasteiger partial charge in [0.1, 0.15) is 6.20 Å². The number of anilines is 1. The van der Waals surface area contributed by atoms with E-state index in [4.69, 9.17) is 11.6 Å². The van der Waals surface area contributed by atoms with E-state index in [-0.39, 0.29) is 17.0 Å². The van der Waals surface area contributed by atoms with Gasteiger partial charge in [-0.25, -0.2) is 4.98 Å². The highest BCUT2D eigenvalue weighted by molar-refractivity contribution is 6.28. The number of hydrogen-bond donors (Lipinski definition) is 0. The molecule has 1 aliphatic rings. The smallest absolute Gasteiger partial charge is 0.329 e. The fraction of sp³-hybridized carbons (Fsp3) is 0.600. The van der Waals surface area contributed by atoms with E-state index in [0.29, 0.717) is 5.82 Å². The van der Waals surface area contributed by atoms with Crippen LogP contribution in [-0.2, 0) is 0 Å². The van der Waals surface area contributed by atoms with Crippen LogP contribution in [0.3, 0.4) is 0 Å². The number of halogens is 1.